The van der Waals surface area contributed by atoms with E-state index in [0.29, 0.717) is 55.2 Å². The Morgan fingerprint density at radius 3 is 1.93 bits per heavy atom. The zero-order valence-corrected chi connectivity index (χ0v) is 65.0. The first-order valence-electron chi connectivity index (χ1n) is 36.9. The lowest BCUT2D eigenvalue weighted by molar-refractivity contribution is -0.167. The van der Waals surface area contributed by atoms with Crippen molar-refractivity contribution in [2.75, 3.05) is 7.11 Å². The van der Waals surface area contributed by atoms with Crippen molar-refractivity contribution in [2.45, 2.75) is 294 Å². The van der Waals surface area contributed by atoms with E-state index >= 15 is 0 Å². The first-order chi connectivity index (χ1) is 47.3. The largest absolute Gasteiger partial charge is 0.479 e. The molecule has 24 unspecified atom stereocenters. The van der Waals surface area contributed by atoms with Crippen LogP contribution in [0.15, 0.2) is 95.7 Å². The number of carboxylic acids is 1. The van der Waals surface area contributed by atoms with Crippen molar-refractivity contribution in [3.8, 4) is 0 Å². The van der Waals surface area contributed by atoms with Crippen molar-refractivity contribution in [2.24, 2.45) is 70.0 Å². The molecule has 2 heterocycles. The van der Waals surface area contributed by atoms with Crippen LogP contribution in [-0.4, -0.2) is 191 Å². The summed E-state index contributed by atoms with van der Waals surface area (Å²) in [5.41, 5.74) is -0.605. The summed E-state index contributed by atoms with van der Waals surface area (Å²) < 4.78 is 18.3. The van der Waals surface area contributed by atoms with Gasteiger partial charge in [-0.3, -0.25) is 19.2 Å². The zero-order valence-electron chi connectivity index (χ0n) is 65.0. The van der Waals surface area contributed by atoms with E-state index < -0.39 is 149 Å². The topological polar surface area (TPSA) is 369 Å². The Morgan fingerprint density at radius 2 is 1.36 bits per heavy atom. The van der Waals surface area contributed by atoms with Crippen LogP contribution >= 0.6 is 0 Å². The standard InChI is InChI=1S/C80H133N3O19/c1-44(2)38-59(81-65(87)36-37-79(17,18)74(94)56(15)68(88)45(3)4)75(95)80(19,20)43-52(11)70(90)48(7)33-32-47(6)53(12)76(96)83-66(57(16)84)72(92)55(14)61-35-34-49(8)69(89)50(9)41-51(10)71(91)54(13)60(85)42-58-39-46(5)40-63(101-58)62(100-21)30-28-26-24-22-23-25-27-29-31-64(86)82-67(78(99)102-61)73(93)77(97)98/h24-31,34,36-37,41,43-48,50,53-63,66-73,75,84-85,88-93,95H,22-23,32-33,35,38-40,42H2,1-21H3,(H,81,87)(H,82,86)(H,83,96)(H,97,98)/b26-24+,27-25+,30-28+,31-29+,37-36+,49-34+,51-41+,52-43+. The number of hydrogen-bond donors (Lipinski definition) is 13. The molecule has 2 rings (SSSR count). The lowest BCUT2D eigenvalue weighted by Gasteiger charge is -2.38. The number of aliphatic carboxylic acids is 1. The van der Waals surface area contributed by atoms with Crippen LogP contribution in [0.3, 0.4) is 0 Å². The average Bonchev–Trinajstić information content (AvgIpc) is 0.843. The molecule has 24 atom stereocenters. The molecule has 0 aromatic carbocycles. The fourth-order valence-electron chi connectivity index (χ4n) is 13.6. The van der Waals surface area contributed by atoms with Crippen molar-refractivity contribution in [3.05, 3.63) is 95.7 Å². The molecule has 0 radical (unpaired) electrons. The van der Waals surface area contributed by atoms with Crippen LogP contribution in [0.1, 0.15) is 196 Å². The summed E-state index contributed by atoms with van der Waals surface area (Å²) in [4.78, 5) is 80.8. The Labute approximate surface area is 609 Å². The number of cyclic esters (lactones) is 1. The molecule has 22 heteroatoms. The van der Waals surface area contributed by atoms with Gasteiger partial charge in [0.15, 0.2) is 12.1 Å². The third-order valence-corrected chi connectivity index (χ3v) is 20.8. The molecule has 3 amide bonds. The van der Waals surface area contributed by atoms with Crippen LogP contribution in [0.4, 0.5) is 0 Å². The maximum atomic E-state index is 14.2. The molecule has 582 valence electrons. The number of aliphatic hydroxyl groups excluding tert-OH is 9. The molecule has 0 aromatic heterocycles. The molecule has 13 N–H and O–H groups in total. The van der Waals surface area contributed by atoms with E-state index in [4.69, 9.17) is 14.2 Å². The SMILES string of the molecule is COC1/C=C/C=C/CC/C=C/C=C/C(=O)NC(C(O)C(=O)O)C(=O)OC(C(C)C(O)C(NC(=O)C(C)C(C)CCC(C)C(O)/C(C)=C/C(C)(C)C(O)C(CC(C)C)NC(=O)/C=C/C(C)(C)C(=O)C(C)C(O)C(C)C)C(C)O)C/C=C(\C)C(O)C(C)/C=C(\C)C(O)C(C)C(O)CC2CC(C)CC1O2. The van der Waals surface area contributed by atoms with Gasteiger partial charge in [-0.2, -0.15) is 0 Å². The number of ether oxygens (including phenoxy) is 3. The summed E-state index contributed by atoms with van der Waals surface area (Å²) in [7, 11) is 1.61. The minimum atomic E-state index is -2.51. The van der Waals surface area contributed by atoms with Crippen LogP contribution in [0, 0.1) is 70.0 Å². The number of esters is 1. The number of carbonyl (C=O) groups is 6. The van der Waals surface area contributed by atoms with Gasteiger partial charge in [0.05, 0.1) is 73.1 Å². The molecule has 0 aromatic rings. The van der Waals surface area contributed by atoms with E-state index in [0.717, 1.165) is 12.5 Å². The van der Waals surface area contributed by atoms with Crippen LogP contribution in [-0.2, 0) is 43.0 Å². The number of ketones is 1. The lowest BCUT2D eigenvalue weighted by atomic mass is 9.77. The van der Waals surface area contributed by atoms with Gasteiger partial charge in [0.1, 0.15) is 18.0 Å². The van der Waals surface area contributed by atoms with Crippen molar-refractivity contribution in [3.63, 3.8) is 0 Å². The highest BCUT2D eigenvalue weighted by Gasteiger charge is 2.43. The van der Waals surface area contributed by atoms with Gasteiger partial charge < -0.3 is 81.2 Å². The number of aliphatic hydroxyl groups is 9. The van der Waals surface area contributed by atoms with Crippen LogP contribution < -0.4 is 16.0 Å². The molecule has 0 spiro atoms. The smallest absolute Gasteiger partial charge is 0.335 e. The summed E-state index contributed by atoms with van der Waals surface area (Å²) in [6.45, 7) is 35.2. The van der Waals surface area contributed by atoms with Gasteiger partial charge in [-0.15, -0.1) is 0 Å². The summed E-state index contributed by atoms with van der Waals surface area (Å²) in [6.07, 6.45) is 11.0. The number of nitrogens with one attached hydrogen (secondary N) is 3. The van der Waals surface area contributed by atoms with Crippen molar-refractivity contribution in [1.29, 1.82) is 0 Å². The zero-order chi connectivity index (χ0) is 78.0. The number of methoxy groups -OCH3 is 1. The van der Waals surface area contributed by atoms with Gasteiger partial charge in [0.2, 0.25) is 17.7 Å². The fraction of sp³-hybridized carbons (Fsp3) is 0.725. The molecule has 0 aliphatic carbocycles. The predicted molar refractivity (Wildman–Crippen MR) is 397 cm³/mol. The highest BCUT2D eigenvalue weighted by molar-refractivity contribution is 5.94. The molecule has 1 fully saturated rings. The van der Waals surface area contributed by atoms with E-state index in [1.165, 1.54) is 38.2 Å². The van der Waals surface area contributed by atoms with E-state index in [-0.39, 0.29) is 66.5 Å². The molecule has 1 saturated heterocycles. The Morgan fingerprint density at radius 1 is 0.765 bits per heavy atom. The van der Waals surface area contributed by atoms with Crippen LogP contribution in [0.25, 0.3) is 0 Å². The van der Waals surface area contributed by atoms with E-state index in [2.05, 4.69) is 22.9 Å². The Balaban J connectivity index is 2.47. The average molecular weight is 1440 g/mol. The second-order valence-corrected chi connectivity index (χ2v) is 31.7. The van der Waals surface area contributed by atoms with Gasteiger partial charge in [0.25, 0.3) is 0 Å². The van der Waals surface area contributed by atoms with E-state index in [9.17, 15) is 79.8 Å². The van der Waals surface area contributed by atoms with Gasteiger partial charge >= 0.3 is 11.9 Å². The quantitative estimate of drug-likeness (QED) is 0.0208. The van der Waals surface area contributed by atoms with Gasteiger partial charge in [-0.05, 0) is 145 Å². The van der Waals surface area contributed by atoms with Gasteiger partial charge in [0, 0.05) is 60.0 Å². The first-order valence-corrected chi connectivity index (χ1v) is 36.9. The molecular weight excluding hydrogens is 1310 g/mol. The number of amides is 3. The first kappa shape index (κ1) is 92.6. The highest BCUT2D eigenvalue weighted by Crippen LogP contribution is 2.35. The lowest BCUT2D eigenvalue weighted by Crippen LogP contribution is -2.56. The van der Waals surface area contributed by atoms with E-state index in [1.807, 2.05) is 79.7 Å². The minimum absolute atomic E-state index is 0.0706. The fourth-order valence-corrected chi connectivity index (χ4v) is 13.6. The molecule has 2 bridgehead atoms. The summed E-state index contributed by atoms with van der Waals surface area (Å²) in [5, 5.41) is 121. The number of Topliss-reactive ketones (excluding diaryl/α,β-unsaturated/α-hetero) is 1. The van der Waals surface area contributed by atoms with Crippen molar-refractivity contribution in [1.82, 2.24) is 16.0 Å². The number of hydrogen-bond acceptors (Lipinski definition) is 18. The molecule has 0 saturated carbocycles. The molecular formula is C80H133N3O19. The number of carbonyl (C=O) groups excluding carboxylic acids is 5. The monoisotopic (exact) mass is 1440 g/mol. The third kappa shape index (κ3) is 29.8. The number of fused-ring (bicyclic) bond motifs is 2. The Hall–Kier alpha value is -5.50. The minimum Gasteiger partial charge on any atom is -0.479 e. The number of rotatable bonds is 27. The predicted octanol–water partition coefficient (Wildman–Crippen LogP) is 8.65. The third-order valence-electron chi connectivity index (χ3n) is 20.8. The Bertz CT molecular complexity index is 2890. The maximum absolute atomic E-state index is 14.2. The molecule has 2 aliphatic rings. The summed E-state index contributed by atoms with van der Waals surface area (Å²) >= 11 is 0. The second-order valence-electron chi connectivity index (χ2n) is 31.7. The van der Waals surface area contributed by atoms with E-state index in [1.54, 1.807) is 93.7 Å². The molecule has 102 heavy (non-hydrogen) atoms. The van der Waals surface area contributed by atoms with Crippen LogP contribution in [0.5, 0.6) is 0 Å². The molecule has 2 aliphatic heterocycles. The van der Waals surface area contributed by atoms with Crippen molar-refractivity contribution >= 4 is 35.4 Å². The number of carboxylic acid groups (broad SMARTS) is 1. The van der Waals surface area contributed by atoms with Gasteiger partial charge in [-0.1, -0.05) is 164 Å². The van der Waals surface area contributed by atoms with Crippen LogP contribution in [0.2, 0.25) is 0 Å². The number of allylic oxidation sites excluding steroid dienone is 7. The summed E-state index contributed by atoms with van der Waals surface area (Å²) in [5.74, 6) is -9.77. The highest BCUT2D eigenvalue weighted by atomic mass is 16.6. The van der Waals surface area contributed by atoms with Crippen molar-refractivity contribution < 1.29 is 94.0 Å². The Kier molecular flexibility index (Phi) is 39.8. The normalized spacial score (nSPS) is 30.4. The van der Waals surface area contributed by atoms with Gasteiger partial charge in [-0.25, -0.2) is 9.59 Å². The maximum Gasteiger partial charge on any atom is 0.335 e. The molecule has 22 nitrogen and oxygen atoms in total. The summed E-state index contributed by atoms with van der Waals surface area (Å²) in [6, 6.07) is -4.29. The second kappa shape index (κ2) is 43.8.